The molecule has 0 aliphatic rings. The van der Waals surface area contributed by atoms with Crippen molar-refractivity contribution in [2.45, 2.75) is 13.5 Å². The van der Waals surface area contributed by atoms with Crippen LogP contribution >= 0.6 is 23.2 Å². The number of aryl methyl sites for hydroxylation is 1. The SMILES string of the molecule is Cc1cccc(COc2ccc(Cl)cc2NC(=O)c2cc(Cl)ccc2O)c1. The third-order valence-corrected chi connectivity index (χ3v) is 4.34. The fraction of sp³-hybridized carbons (Fsp3) is 0.0952. The molecule has 0 saturated carbocycles. The third kappa shape index (κ3) is 4.94. The number of aromatic hydroxyl groups is 1. The van der Waals surface area contributed by atoms with Crippen molar-refractivity contribution in [1.82, 2.24) is 0 Å². The monoisotopic (exact) mass is 401 g/mol. The molecule has 0 unspecified atom stereocenters. The molecule has 3 rings (SSSR count). The molecule has 1 amide bonds. The van der Waals surface area contributed by atoms with Crippen LogP contribution in [0.25, 0.3) is 0 Å². The first-order valence-corrected chi connectivity index (χ1v) is 8.96. The average molecular weight is 402 g/mol. The van der Waals surface area contributed by atoms with Crippen LogP contribution in [0.3, 0.4) is 0 Å². The fourth-order valence-electron chi connectivity index (χ4n) is 2.57. The zero-order valence-corrected chi connectivity index (χ0v) is 16.0. The summed E-state index contributed by atoms with van der Waals surface area (Å²) in [6.07, 6.45) is 0. The normalized spacial score (nSPS) is 10.5. The minimum atomic E-state index is -0.516. The van der Waals surface area contributed by atoms with Crippen LogP contribution in [-0.2, 0) is 6.61 Å². The van der Waals surface area contributed by atoms with Gasteiger partial charge in [0, 0.05) is 10.0 Å². The van der Waals surface area contributed by atoms with Gasteiger partial charge in [-0.05, 0) is 48.9 Å². The van der Waals surface area contributed by atoms with Crippen molar-refractivity contribution in [3.63, 3.8) is 0 Å². The quantitative estimate of drug-likeness (QED) is 0.564. The van der Waals surface area contributed by atoms with Crippen molar-refractivity contribution in [2.75, 3.05) is 5.32 Å². The molecule has 0 aromatic heterocycles. The van der Waals surface area contributed by atoms with E-state index in [0.29, 0.717) is 28.1 Å². The Morgan fingerprint density at radius 2 is 1.78 bits per heavy atom. The summed E-state index contributed by atoms with van der Waals surface area (Å²) in [4.78, 5) is 12.5. The summed E-state index contributed by atoms with van der Waals surface area (Å²) >= 11 is 12.0. The Kier molecular flexibility index (Phi) is 5.89. The topological polar surface area (TPSA) is 58.6 Å². The molecule has 0 spiro atoms. The lowest BCUT2D eigenvalue weighted by atomic mass is 10.1. The van der Waals surface area contributed by atoms with Gasteiger partial charge < -0.3 is 15.2 Å². The lowest BCUT2D eigenvalue weighted by molar-refractivity contribution is 0.102. The predicted octanol–water partition coefficient (Wildman–Crippen LogP) is 5.84. The Labute approximate surface area is 167 Å². The minimum absolute atomic E-state index is 0.0621. The molecule has 0 radical (unpaired) electrons. The summed E-state index contributed by atoms with van der Waals surface area (Å²) in [5, 5.41) is 13.4. The Balaban J connectivity index is 1.81. The van der Waals surface area contributed by atoms with E-state index in [1.54, 1.807) is 18.2 Å². The van der Waals surface area contributed by atoms with Gasteiger partial charge in [0.1, 0.15) is 18.1 Å². The lowest BCUT2D eigenvalue weighted by Gasteiger charge is -2.14. The number of anilines is 1. The summed E-state index contributed by atoms with van der Waals surface area (Å²) in [5.41, 5.74) is 2.61. The maximum atomic E-state index is 12.5. The molecule has 27 heavy (non-hydrogen) atoms. The molecule has 4 nitrogen and oxygen atoms in total. The van der Waals surface area contributed by atoms with Gasteiger partial charge in [0.15, 0.2) is 0 Å². The van der Waals surface area contributed by atoms with Gasteiger partial charge in [0.2, 0.25) is 0 Å². The van der Waals surface area contributed by atoms with E-state index < -0.39 is 5.91 Å². The van der Waals surface area contributed by atoms with Gasteiger partial charge in [-0.1, -0.05) is 53.0 Å². The number of carbonyl (C=O) groups is 1. The molecule has 0 fully saturated rings. The first-order chi connectivity index (χ1) is 12.9. The fourth-order valence-corrected chi connectivity index (χ4v) is 2.91. The second kappa shape index (κ2) is 8.33. The van der Waals surface area contributed by atoms with Gasteiger partial charge in [-0.15, -0.1) is 0 Å². The van der Waals surface area contributed by atoms with Crippen molar-refractivity contribution in [1.29, 1.82) is 0 Å². The van der Waals surface area contributed by atoms with E-state index in [2.05, 4.69) is 5.32 Å². The molecule has 6 heteroatoms. The summed E-state index contributed by atoms with van der Waals surface area (Å²) in [6, 6.07) is 17.2. The van der Waals surface area contributed by atoms with Crippen LogP contribution in [0.2, 0.25) is 10.0 Å². The minimum Gasteiger partial charge on any atom is -0.507 e. The molecule has 138 valence electrons. The summed E-state index contributed by atoms with van der Waals surface area (Å²) in [7, 11) is 0. The van der Waals surface area contributed by atoms with Gasteiger partial charge in [0.25, 0.3) is 5.91 Å². The van der Waals surface area contributed by atoms with Crippen LogP contribution in [-0.4, -0.2) is 11.0 Å². The zero-order chi connectivity index (χ0) is 19.4. The zero-order valence-electron chi connectivity index (χ0n) is 14.5. The summed E-state index contributed by atoms with van der Waals surface area (Å²) in [5.74, 6) is -0.213. The van der Waals surface area contributed by atoms with Crippen LogP contribution in [0.5, 0.6) is 11.5 Å². The highest BCUT2D eigenvalue weighted by atomic mass is 35.5. The van der Waals surface area contributed by atoms with Crippen LogP contribution < -0.4 is 10.1 Å². The molecule has 2 N–H and O–H groups in total. The third-order valence-electron chi connectivity index (χ3n) is 3.87. The number of hydrogen-bond donors (Lipinski definition) is 2. The molecule has 0 heterocycles. The van der Waals surface area contributed by atoms with E-state index in [4.69, 9.17) is 27.9 Å². The molecular weight excluding hydrogens is 385 g/mol. The van der Waals surface area contributed by atoms with Crippen LogP contribution in [0.15, 0.2) is 60.7 Å². The smallest absolute Gasteiger partial charge is 0.259 e. The van der Waals surface area contributed by atoms with Crippen molar-refractivity contribution >= 4 is 34.8 Å². The second-order valence-electron chi connectivity index (χ2n) is 6.03. The lowest BCUT2D eigenvalue weighted by Crippen LogP contribution is -2.13. The maximum absolute atomic E-state index is 12.5. The summed E-state index contributed by atoms with van der Waals surface area (Å²) < 4.78 is 5.86. The number of hydrogen-bond acceptors (Lipinski definition) is 3. The number of amides is 1. The van der Waals surface area contributed by atoms with Crippen molar-refractivity contribution in [3.8, 4) is 11.5 Å². The Bertz CT molecular complexity index is 989. The number of halogens is 2. The van der Waals surface area contributed by atoms with Crippen molar-refractivity contribution in [2.24, 2.45) is 0 Å². The number of carbonyl (C=O) groups excluding carboxylic acids is 1. The molecule has 3 aromatic carbocycles. The van der Waals surface area contributed by atoms with Gasteiger partial charge in [-0.25, -0.2) is 0 Å². The van der Waals surface area contributed by atoms with Crippen molar-refractivity contribution < 1.29 is 14.6 Å². The number of phenols is 1. The number of nitrogens with one attached hydrogen (secondary N) is 1. The molecule has 3 aromatic rings. The highest BCUT2D eigenvalue weighted by Gasteiger charge is 2.15. The van der Waals surface area contributed by atoms with E-state index in [1.165, 1.54) is 18.2 Å². The average Bonchev–Trinajstić information content (AvgIpc) is 2.63. The van der Waals surface area contributed by atoms with Gasteiger partial charge >= 0.3 is 0 Å². The van der Waals surface area contributed by atoms with Gasteiger partial charge in [-0.2, -0.15) is 0 Å². The number of benzene rings is 3. The highest BCUT2D eigenvalue weighted by molar-refractivity contribution is 6.31. The molecule has 0 aliphatic carbocycles. The Morgan fingerprint density at radius 1 is 1.04 bits per heavy atom. The van der Waals surface area contributed by atoms with E-state index in [9.17, 15) is 9.90 Å². The summed E-state index contributed by atoms with van der Waals surface area (Å²) in [6.45, 7) is 2.35. The van der Waals surface area contributed by atoms with Gasteiger partial charge in [-0.3, -0.25) is 4.79 Å². The molecule has 0 aliphatic heterocycles. The van der Waals surface area contributed by atoms with Crippen LogP contribution in [0, 0.1) is 6.92 Å². The second-order valence-corrected chi connectivity index (χ2v) is 6.91. The highest BCUT2D eigenvalue weighted by Crippen LogP contribution is 2.30. The first kappa shape index (κ1) is 19.1. The molecule has 0 atom stereocenters. The van der Waals surface area contributed by atoms with Crippen LogP contribution in [0.4, 0.5) is 5.69 Å². The van der Waals surface area contributed by atoms with Crippen molar-refractivity contribution in [3.05, 3.63) is 87.4 Å². The number of phenolic OH excluding ortho intramolecular Hbond substituents is 1. The van der Waals surface area contributed by atoms with Gasteiger partial charge in [0.05, 0.1) is 11.3 Å². The van der Waals surface area contributed by atoms with E-state index in [1.807, 2.05) is 31.2 Å². The first-order valence-electron chi connectivity index (χ1n) is 8.20. The van der Waals surface area contributed by atoms with E-state index in [-0.39, 0.29) is 11.3 Å². The molecular formula is C21H17Cl2NO3. The van der Waals surface area contributed by atoms with E-state index in [0.717, 1.165) is 11.1 Å². The maximum Gasteiger partial charge on any atom is 0.259 e. The largest absolute Gasteiger partial charge is 0.507 e. The molecule has 0 saturated heterocycles. The standard InChI is InChI=1S/C21H17Cl2NO3/c1-13-3-2-4-14(9-13)12-27-20-8-6-16(23)11-18(20)24-21(26)17-10-15(22)5-7-19(17)25/h2-11,25H,12H2,1H3,(H,24,26). The van der Waals surface area contributed by atoms with Crippen LogP contribution in [0.1, 0.15) is 21.5 Å². The molecule has 0 bridgehead atoms. The Morgan fingerprint density at radius 3 is 2.56 bits per heavy atom. The predicted molar refractivity (Wildman–Crippen MR) is 108 cm³/mol. The van der Waals surface area contributed by atoms with E-state index >= 15 is 0 Å². The number of rotatable bonds is 5. The number of ether oxygens (including phenoxy) is 1. The Hall–Kier alpha value is -2.69.